The van der Waals surface area contributed by atoms with E-state index >= 15 is 0 Å². The minimum atomic E-state index is -0.524. The summed E-state index contributed by atoms with van der Waals surface area (Å²) in [6.45, 7) is 5.27. The number of rotatable bonds is 9. The molecular weight excluding hydrogens is 432 g/mol. The number of hydrogen-bond donors (Lipinski definition) is 2. The average molecular weight is 459 g/mol. The van der Waals surface area contributed by atoms with Gasteiger partial charge in [-0.2, -0.15) is 10.4 Å². The van der Waals surface area contributed by atoms with Gasteiger partial charge in [0.25, 0.3) is 5.56 Å². The fourth-order valence-corrected chi connectivity index (χ4v) is 3.56. The molecule has 3 aromatic rings. The van der Waals surface area contributed by atoms with Gasteiger partial charge in [-0.1, -0.05) is 30.3 Å². The fourth-order valence-electron chi connectivity index (χ4n) is 3.56. The van der Waals surface area contributed by atoms with Crippen LogP contribution in [0.3, 0.4) is 0 Å². The Morgan fingerprint density at radius 2 is 1.94 bits per heavy atom. The van der Waals surface area contributed by atoms with Crippen LogP contribution in [0.25, 0.3) is 11.3 Å². The number of benzene rings is 2. The SMILES string of the molecule is N#Cc1c(-c2ccccc2)nc(NN=Cc2ccc(OCCCN3CCOCC3)cc2)[nH]c1=O. The molecule has 2 heterocycles. The molecule has 9 heteroatoms. The van der Waals surface area contributed by atoms with Gasteiger partial charge in [-0.15, -0.1) is 0 Å². The Bertz CT molecular complexity index is 1200. The predicted octanol–water partition coefficient (Wildman–Crippen LogP) is 2.86. The van der Waals surface area contributed by atoms with Crippen molar-refractivity contribution in [1.29, 1.82) is 5.26 Å². The maximum Gasteiger partial charge on any atom is 0.270 e. The van der Waals surface area contributed by atoms with Gasteiger partial charge in [0.1, 0.15) is 17.4 Å². The highest BCUT2D eigenvalue weighted by Gasteiger charge is 2.13. The molecule has 1 aromatic heterocycles. The normalized spacial score (nSPS) is 14.1. The lowest BCUT2D eigenvalue weighted by Crippen LogP contribution is -2.37. The summed E-state index contributed by atoms with van der Waals surface area (Å²) in [4.78, 5) is 21.6. The van der Waals surface area contributed by atoms with Crippen molar-refractivity contribution in [3.63, 3.8) is 0 Å². The van der Waals surface area contributed by atoms with E-state index in [4.69, 9.17) is 9.47 Å². The van der Waals surface area contributed by atoms with Crippen LogP contribution in [0.5, 0.6) is 5.75 Å². The van der Waals surface area contributed by atoms with Crippen molar-refractivity contribution in [1.82, 2.24) is 14.9 Å². The quantitative estimate of drug-likeness (QED) is 0.288. The van der Waals surface area contributed by atoms with Crippen molar-refractivity contribution < 1.29 is 9.47 Å². The molecule has 2 aromatic carbocycles. The average Bonchev–Trinajstić information content (AvgIpc) is 2.88. The van der Waals surface area contributed by atoms with Crippen molar-refractivity contribution in [3.05, 3.63) is 76.1 Å². The van der Waals surface area contributed by atoms with Crippen LogP contribution in [0, 0.1) is 11.3 Å². The standard InChI is InChI=1S/C25H26N6O3/c26-17-22-23(20-5-2-1-3-6-20)28-25(29-24(22)32)30-27-18-19-7-9-21(10-8-19)34-14-4-11-31-12-15-33-16-13-31/h1-3,5-10,18H,4,11-16H2,(H2,28,29,30,32). The van der Waals surface area contributed by atoms with Crippen LogP contribution < -0.4 is 15.7 Å². The number of anilines is 1. The Hall–Kier alpha value is -4.00. The number of nitrogens with one attached hydrogen (secondary N) is 2. The van der Waals surface area contributed by atoms with E-state index in [9.17, 15) is 10.1 Å². The first-order valence-electron chi connectivity index (χ1n) is 11.1. The molecule has 0 bridgehead atoms. The van der Waals surface area contributed by atoms with E-state index in [1.54, 1.807) is 18.3 Å². The van der Waals surface area contributed by atoms with E-state index in [-0.39, 0.29) is 11.5 Å². The molecule has 0 spiro atoms. The van der Waals surface area contributed by atoms with E-state index in [0.717, 1.165) is 50.6 Å². The smallest absolute Gasteiger partial charge is 0.270 e. The first-order valence-corrected chi connectivity index (χ1v) is 11.1. The van der Waals surface area contributed by atoms with Crippen molar-refractivity contribution in [2.24, 2.45) is 5.10 Å². The molecule has 0 radical (unpaired) electrons. The summed E-state index contributed by atoms with van der Waals surface area (Å²) < 4.78 is 11.2. The van der Waals surface area contributed by atoms with Gasteiger partial charge in [0.05, 0.1) is 31.7 Å². The van der Waals surface area contributed by atoms with Gasteiger partial charge in [0.15, 0.2) is 0 Å². The van der Waals surface area contributed by atoms with Crippen LogP contribution in [0.4, 0.5) is 5.95 Å². The summed E-state index contributed by atoms with van der Waals surface area (Å²) >= 11 is 0. The van der Waals surface area contributed by atoms with Gasteiger partial charge in [0, 0.05) is 25.2 Å². The summed E-state index contributed by atoms with van der Waals surface area (Å²) in [6.07, 6.45) is 2.58. The third-order valence-corrected chi connectivity index (χ3v) is 5.33. The van der Waals surface area contributed by atoms with Crippen LogP contribution in [0.1, 0.15) is 17.5 Å². The molecule has 1 aliphatic rings. The van der Waals surface area contributed by atoms with Crippen LogP contribution in [0.2, 0.25) is 0 Å². The topological polar surface area (TPSA) is 116 Å². The molecule has 0 amide bonds. The molecule has 34 heavy (non-hydrogen) atoms. The highest BCUT2D eigenvalue weighted by atomic mass is 16.5. The third kappa shape index (κ3) is 6.28. The zero-order chi connectivity index (χ0) is 23.6. The molecule has 0 saturated carbocycles. The molecule has 1 saturated heterocycles. The van der Waals surface area contributed by atoms with E-state index in [2.05, 4.69) is 25.4 Å². The second-order valence-electron chi connectivity index (χ2n) is 7.71. The van der Waals surface area contributed by atoms with Crippen LogP contribution in [-0.2, 0) is 4.74 Å². The van der Waals surface area contributed by atoms with Crippen LogP contribution in [-0.4, -0.2) is 60.5 Å². The molecule has 1 aliphatic heterocycles. The van der Waals surface area contributed by atoms with E-state index in [0.29, 0.717) is 17.9 Å². The van der Waals surface area contributed by atoms with E-state index < -0.39 is 5.56 Å². The summed E-state index contributed by atoms with van der Waals surface area (Å²) in [6, 6.07) is 18.6. The molecule has 9 nitrogen and oxygen atoms in total. The van der Waals surface area contributed by atoms with E-state index in [1.807, 2.05) is 48.5 Å². The summed E-state index contributed by atoms with van der Waals surface area (Å²) in [5.41, 5.74) is 4.01. The van der Waals surface area contributed by atoms with Crippen LogP contribution >= 0.6 is 0 Å². The number of hydrazone groups is 1. The first-order chi connectivity index (χ1) is 16.7. The van der Waals surface area contributed by atoms with Crippen molar-refractivity contribution in [2.75, 3.05) is 44.9 Å². The second kappa shape index (κ2) is 11.7. The zero-order valence-electron chi connectivity index (χ0n) is 18.7. The Balaban J connectivity index is 1.31. The molecule has 0 unspecified atom stereocenters. The predicted molar refractivity (Wildman–Crippen MR) is 130 cm³/mol. The number of nitrogens with zero attached hydrogens (tertiary/aromatic N) is 4. The number of hydrogen-bond acceptors (Lipinski definition) is 8. The van der Waals surface area contributed by atoms with Gasteiger partial charge in [0.2, 0.25) is 5.95 Å². The third-order valence-electron chi connectivity index (χ3n) is 5.33. The van der Waals surface area contributed by atoms with Crippen molar-refractivity contribution in [3.8, 4) is 23.1 Å². The highest BCUT2D eigenvalue weighted by Crippen LogP contribution is 2.19. The summed E-state index contributed by atoms with van der Waals surface area (Å²) in [5.74, 6) is 0.956. The lowest BCUT2D eigenvalue weighted by molar-refractivity contribution is 0.0358. The molecule has 2 N–H and O–H groups in total. The van der Waals surface area contributed by atoms with Crippen LogP contribution in [0.15, 0.2) is 64.5 Å². The first kappa shape index (κ1) is 23.2. The Labute approximate surface area is 197 Å². The Morgan fingerprint density at radius 1 is 1.18 bits per heavy atom. The van der Waals surface area contributed by atoms with Gasteiger partial charge in [-0.25, -0.2) is 10.4 Å². The number of H-pyrrole nitrogens is 1. The molecule has 174 valence electrons. The van der Waals surface area contributed by atoms with Gasteiger partial charge >= 0.3 is 0 Å². The van der Waals surface area contributed by atoms with Crippen molar-refractivity contribution >= 4 is 12.2 Å². The van der Waals surface area contributed by atoms with Gasteiger partial charge in [-0.3, -0.25) is 14.7 Å². The maximum atomic E-state index is 12.3. The van der Waals surface area contributed by atoms with Gasteiger partial charge in [-0.05, 0) is 36.2 Å². The summed E-state index contributed by atoms with van der Waals surface area (Å²) in [7, 11) is 0. The molecular formula is C25H26N6O3. The number of aromatic nitrogens is 2. The van der Waals surface area contributed by atoms with Gasteiger partial charge < -0.3 is 9.47 Å². The monoisotopic (exact) mass is 458 g/mol. The zero-order valence-corrected chi connectivity index (χ0v) is 18.7. The largest absolute Gasteiger partial charge is 0.494 e. The summed E-state index contributed by atoms with van der Waals surface area (Å²) in [5, 5.41) is 13.5. The second-order valence-corrected chi connectivity index (χ2v) is 7.71. The Kier molecular flexibility index (Phi) is 8.00. The minimum absolute atomic E-state index is 0.0405. The number of nitriles is 1. The lowest BCUT2D eigenvalue weighted by atomic mass is 10.1. The van der Waals surface area contributed by atoms with E-state index in [1.165, 1.54) is 0 Å². The molecule has 4 rings (SSSR count). The minimum Gasteiger partial charge on any atom is -0.494 e. The molecule has 0 aliphatic carbocycles. The Morgan fingerprint density at radius 3 is 2.68 bits per heavy atom. The maximum absolute atomic E-state index is 12.3. The number of aromatic amines is 1. The number of morpholine rings is 1. The fraction of sp³-hybridized carbons (Fsp3) is 0.280. The molecule has 0 atom stereocenters. The van der Waals surface area contributed by atoms with Crippen molar-refractivity contribution in [2.45, 2.75) is 6.42 Å². The molecule has 1 fully saturated rings. The highest BCUT2D eigenvalue weighted by molar-refractivity contribution is 5.80. The lowest BCUT2D eigenvalue weighted by Gasteiger charge is -2.26. The number of ether oxygens (including phenoxy) is 2.